The lowest BCUT2D eigenvalue weighted by Gasteiger charge is -2.22. The van der Waals surface area contributed by atoms with E-state index < -0.39 is 0 Å². The Kier molecular flexibility index (Phi) is 4.02. The van der Waals surface area contributed by atoms with Gasteiger partial charge in [0.2, 0.25) is 0 Å². The van der Waals surface area contributed by atoms with Gasteiger partial charge in [-0.2, -0.15) is 0 Å². The van der Waals surface area contributed by atoms with Gasteiger partial charge < -0.3 is 0 Å². The second-order valence-electron chi connectivity index (χ2n) is 3.79. The summed E-state index contributed by atoms with van der Waals surface area (Å²) in [6, 6.07) is 0. The Bertz CT molecular complexity index is 214. The summed E-state index contributed by atoms with van der Waals surface area (Å²) in [6.45, 7) is 14.5. The maximum atomic E-state index is 3.74. The van der Waals surface area contributed by atoms with Crippen molar-refractivity contribution in [1.82, 2.24) is 0 Å². The molecule has 12 heavy (non-hydrogen) atoms. The number of rotatable bonds is 3. The van der Waals surface area contributed by atoms with Gasteiger partial charge in [-0.1, -0.05) is 49.8 Å². The molecule has 0 aliphatic heterocycles. The second kappa shape index (κ2) is 4.30. The molecule has 0 aromatic rings. The molecule has 0 N–H and O–H groups in total. The molecule has 0 atom stereocenters. The average molecular weight is 164 g/mol. The quantitative estimate of drug-likeness (QED) is 0.435. The van der Waals surface area contributed by atoms with Crippen LogP contribution in [0.2, 0.25) is 0 Å². The SMILES string of the molecule is C=CC(C)=CC(C)(C)C(C)=CC. The van der Waals surface area contributed by atoms with E-state index >= 15 is 0 Å². The third-order valence-electron chi connectivity index (χ3n) is 2.36. The predicted octanol–water partition coefficient (Wildman–Crippen LogP) is 4.11. The first-order chi connectivity index (χ1) is 5.44. The van der Waals surface area contributed by atoms with E-state index in [1.807, 2.05) is 6.08 Å². The van der Waals surface area contributed by atoms with Crippen LogP contribution in [0.5, 0.6) is 0 Å². The van der Waals surface area contributed by atoms with Crippen molar-refractivity contribution in [1.29, 1.82) is 0 Å². The van der Waals surface area contributed by atoms with Gasteiger partial charge in [0.15, 0.2) is 0 Å². The molecule has 68 valence electrons. The van der Waals surface area contributed by atoms with Crippen LogP contribution in [0.4, 0.5) is 0 Å². The molecule has 0 amide bonds. The third-order valence-corrected chi connectivity index (χ3v) is 2.36. The summed E-state index contributed by atoms with van der Waals surface area (Å²) in [5.74, 6) is 0. The van der Waals surface area contributed by atoms with Crippen LogP contribution in [0.1, 0.15) is 34.6 Å². The average Bonchev–Trinajstić information content (AvgIpc) is 2.02. The van der Waals surface area contributed by atoms with Crippen molar-refractivity contribution < 1.29 is 0 Å². The van der Waals surface area contributed by atoms with Crippen LogP contribution < -0.4 is 0 Å². The van der Waals surface area contributed by atoms with Crippen LogP contribution in [-0.2, 0) is 0 Å². The fraction of sp³-hybridized carbons (Fsp3) is 0.500. The smallest absolute Gasteiger partial charge is 0.00370 e. The highest BCUT2D eigenvalue weighted by Crippen LogP contribution is 2.28. The summed E-state index contributed by atoms with van der Waals surface area (Å²) in [5, 5.41) is 0. The van der Waals surface area contributed by atoms with Crippen molar-refractivity contribution in [3.63, 3.8) is 0 Å². The first kappa shape index (κ1) is 11.2. The van der Waals surface area contributed by atoms with Crippen molar-refractivity contribution >= 4 is 0 Å². The fourth-order valence-electron chi connectivity index (χ4n) is 1.11. The Morgan fingerprint density at radius 3 is 2.08 bits per heavy atom. The molecule has 0 unspecified atom stereocenters. The number of hydrogen-bond donors (Lipinski definition) is 0. The first-order valence-corrected chi connectivity index (χ1v) is 4.39. The summed E-state index contributed by atoms with van der Waals surface area (Å²) in [7, 11) is 0. The summed E-state index contributed by atoms with van der Waals surface area (Å²) in [5.41, 5.74) is 2.79. The van der Waals surface area contributed by atoms with Crippen molar-refractivity contribution in [3.8, 4) is 0 Å². The van der Waals surface area contributed by atoms with Crippen LogP contribution in [0.3, 0.4) is 0 Å². The molecule has 0 heterocycles. The highest BCUT2D eigenvalue weighted by molar-refractivity contribution is 5.24. The zero-order valence-corrected chi connectivity index (χ0v) is 8.94. The minimum Gasteiger partial charge on any atom is -0.0988 e. The molecule has 0 saturated carbocycles. The van der Waals surface area contributed by atoms with E-state index in [1.54, 1.807) is 0 Å². The van der Waals surface area contributed by atoms with Crippen LogP contribution >= 0.6 is 0 Å². The van der Waals surface area contributed by atoms with Gasteiger partial charge in [-0.15, -0.1) is 0 Å². The van der Waals surface area contributed by atoms with E-state index in [1.165, 1.54) is 11.1 Å². The molecule has 0 radical (unpaired) electrons. The molecule has 0 aliphatic carbocycles. The molecule has 0 aliphatic rings. The Morgan fingerprint density at radius 1 is 1.25 bits per heavy atom. The van der Waals surface area contributed by atoms with E-state index in [2.05, 4.69) is 53.3 Å². The fourth-order valence-corrected chi connectivity index (χ4v) is 1.11. The standard InChI is InChI=1S/C12H20/c1-7-10(3)9-12(5,6)11(4)8-2/h7-9H,1H2,2-6H3. The second-order valence-corrected chi connectivity index (χ2v) is 3.79. The van der Waals surface area contributed by atoms with E-state index in [9.17, 15) is 0 Å². The lowest BCUT2D eigenvalue weighted by atomic mass is 9.83. The van der Waals surface area contributed by atoms with E-state index in [-0.39, 0.29) is 5.41 Å². The Labute approximate surface area is 76.7 Å². The lowest BCUT2D eigenvalue weighted by Crippen LogP contribution is -2.09. The van der Waals surface area contributed by atoms with E-state index in [4.69, 9.17) is 0 Å². The summed E-state index contributed by atoms with van der Waals surface area (Å²) in [4.78, 5) is 0. The normalized spacial score (nSPS) is 14.8. The molecule has 0 bridgehead atoms. The summed E-state index contributed by atoms with van der Waals surface area (Å²) >= 11 is 0. The van der Waals surface area contributed by atoms with Crippen molar-refractivity contribution in [2.24, 2.45) is 5.41 Å². The molecule has 0 saturated heterocycles. The summed E-state index contributed by atoms with van der Waals surface area (Å²) < 4.78 is 0. The molecule has 0 fully saturated rings. The maximum Gasteiger partial charge on any atom is 0.00370 e. The Morgan fingerprint density at radius 2 is 1.75 bits per heavy atom. The highest BCUT2D eigenvalue weighted by atomic mass is 14.2. The third kappa shape index (κ3) is 3.08. The molecule has 0 heteroatoms. The largest absolute Gasteiger partial charge is 0.0988 e. The van der Waals surface area contributed by atoms with Gasteiger partial charge in [0, 0.05) is 5.41 Å². The van der Waals surface area contributed by atoms with Crippen LogP contribution in [0.25, 0.3) is 0 Å². The van der Waals surface area contributed by atoms with Gasteiger partial charge in [-0.3, -0.25) is 0 Å². The first-order valence-electron chi connectivity index (χ1n) is 4.39. The Balaban J connectivity index is 4.75. The topological polar surface area (TPSA) is 0 Å². The van der Waals surface area contributed by atoms with Crippen LogP contribution in [-0.4, -0.2) is 0 Å². The minimum absolute atomic E-state index is 0.160. The van der Waals surface area contributed by atoms with Gasteiger partial charge in [-0.05, 0) is 20.8 Å². The van der Waals surface area contributed by atoms with Gasteiger partial charge in [0.1, 0.15) is 0 Å². The van der Waals surface area contributed by atoms with Crippen molar-refractivity contribution in [3.05, 3.63) is 36.0 Å². The molecule has 0 spiro atoms. The zero-order valence-electron chi connectivity index (χ0n) is 8.94. The van der Waals surface area contributed by atoms with E-state index in [0.717, 1.165) is 0 Å². The highest BCUT2D eigenvalue weighted by Gasteiger charge is 2.15. The molecular formula is C12H20. The van der Waals surface area contributed by atoms with Gasteiger partial charge >= 0.3 is 0 Å². The molecular weight excluding hydrogens is 144 g/mol. The summed E-state index contributed by atoms with van der Waals surface area (Å²) in [6.07, 6.45) is 6.30. The van der Waals surface area contributed by atoms with E-state index in [0.29, 0.717) is 0 Å². The number of allylic oxidation sites excluding steroid dienone is 5. The number of hydrogen-bond acceptors (Lipinski definition) is 0. The molecule has 0 aromatic heterocycles. The van der Waals surface area contributed by atoms with Crippen LogP contribution in [0, 0.1) is 5.41 Å². The van der Waals surface area contributed by atoms with Gasteiger partial charge in [-0.25, -0.2) is 0 Å². The van der Waals surface area contributed by atoms with Crippen LogP contribution in [0.15, 0.2) is 36.0 Å². The van der Waals surface area contributed by atoms with Crippen molar-refractivity contribution in [2.75, 3.05) is 0 Å². The predicted molar refractivity (Wildman–Crippen MR) is 57.2 cm³/mol. The van der Waals surface area contributed by atoms with Crippen molar-refractivity contribution in [2.45, 2.75) is 34.6 Å². The van der Waals surface area contributed by atoms with Gasteiger partial charge in [0.05, 0.1) is 0 Å². The molecule has 0 nitrogen and oxygen atoms in total. The Hall–Kier alpha value is -0.780. The maximum absolute atomic E-state index is 3.74. The molecule has 0 aromatic carbocycles. The molecule has 0 rings (SSSR count). The zero-order chi connectivity index (χ0) is 9.78. The lowest BCUT2D eigenvalue weighted by molar-refractivity contribution is 0.575. The monoisotopic (exact) mass is 164 g/mol. The minimum atomic E-state index is 0.160. The van der Waals surface area contributed by atoms with Gasteiger partial charge in [0.25, 0.3) is 0 Å².